The molecule has 212 valence electrons. The van der Waals surface area contributed by atoms with Gasteiger partial charge in [-0.3, -0.25) is 0 Å². The number of hydrogen-bond acceptors (Lipinski definition) is 1. The van der Waals surface area contributed by atoms with E-state index in [1.54, 1.807) is 20.7 Å². The van der Waals surface area contributed by atoms with E-state index in [4.69, 9.17) is 4.66 Å². The van der Waals surface area contributed by atoms with E-state index in [0.29, 0.717) is 0 Å². The average Bonchev–Trinajstić information content (AvgIpc) is 2.80. The standard InChI is InChI=1S/C38H47NSi2/c1-22-14-26(5)35(27(6)15-22)40(36-28(7)16-23(2)17-29(36)8)34(13)39-41(40,37-30(9)18-24(3)19-31(37)10)38-32(11)20-25(4)21-33(38)12/h14-21H,1-13H3. The minimum Gasteiger partial charge on any atom is -0.325 e. The monoisotopic (exact) mass is 573 g/mol. The van der Waals surface area contributed by atoms with Crippen LogP contribution in [0, 0.1) is 83.1 Å². The van der Waals surface area contributed by atoms with E-state index in [2.05, 4.69) is 139 Å². The Morgan fingerprint density at radius 3 is 0.780 bits per heavy atom. The Labute approximate surface area is 250 Å². The highest BCUT2D eigenvalue weighted by atomic mass is 29.3. The molecule has 0 N–H and O–H groups in total. The molecule has 3 heteroatoms. The first-order valence-electron chi connectivity index (χ1n) is 15.1. The summed E-state index contributed by atoms with van der Waals surface area (Å²) >= 11 is 0. The van der Waals surface area contributed by atoms with Crippen molar-refractivity contribution in [1.82, 2.24) is 0 Å². The molecule has 5 rings (SSSR count). The van der Waals surface area contributed by atoms with Crippen molar-refractivity contribution in [3.63, 3.8) is 0 Å². The minimum absolute atomic E-state index is 1.34. The summed E-state index contributed by atoms with van der Waals surface area (Å²) in [4.78, 5) is 0. The summed E-state index contributed by atoms with van der Waals surface area (Å²) in [5.41, 5.74) is 16.7. The normalized spacial score (nSPS) is 15.5. The smallest absolute Gasteiger partial charge is 0.246 e. The molecule has 0 fully saturated rings. The summed E-state index contributed by atoms with van der Waals surface area (Å²) < 4.78 is 6.03. The molecule has 4 aromatic rings. The maximum Gasteiger partial charge on any atom is 0.246 e. The fraction of sp³-hybridized carbons (Fsp3) is 0.342. The molecule has 0 atom stereocenters. The van der Waals surface area contributed by atoms with Gasteiger partial charge in [0.2, 0.25) is 7.75 Å². The summed E-state index contributed by atoms with van der Waals surface area (Å²) in [7, 11) is -5.43. The molecule has 0 saturated carbocycles. The van der Waals surface area contributed by atoms with Crippen LogP contribution in [0.15, 0.2) is 53.2 Å². The lowest BCUT2D eigenvalue weighted by Gasteiger charge is -2.57. The molecule has 0 unspecified atom stereocenters. The van der Waals surface area contributed by atoms with Crippen molar-refractivity contribution >= 4 is 41.4 Å². The van der Waals surface area contributed by atoms with Gasteiger partial charge in [0, 0.05) is 0 Å². The quantitative estimate of drug-likeness (QED) is 0.238. The van der Waals surface area contributed by atoms with E-state index in [0.717, 1.165) is 0 Å². The van der Waals surface area contributed by atoms with Crippen LogP contribution >= 0.6 is 0 Å². The van der Waals surface area contributed by atoms with Gasteiger partial charge in [-0.2, -0.15) is 0 Å². The average molecular weight is 574 g/mol. The van der Waals surface area contributed by atoms with Gasteiger partial charge in [0.25, 0.3) is 0 Å². The zero-order chi connectivity index (χ0) is 30.2. The first kappa shape index (κ1) is 29.5. The van der Waals surface area contributed by atoms with Crippen molar-refractivity contribution in [2.75, 3.05) is 0 Å². The second-order valence-corrected chi connectivity index (χ2v) is 23.5. The van der Waals surface area contributed by atoms with Crippen molar-refractivity contribution in [2.45, 2.75) is 90.0 Å². The second-order valence-electron chi connectivity index (χ2n) is 13.3. The second kappa shape index (κ2) is 10.1. The summed E-state index contributed by atoms with van der Waals surface area (Å²) in [6, 6.07) is 19.4. The van der Waals surface area contributed by atoms with Crippen molar-refractivity contribution in [3.05, 3.63) is 115 Å². The van der Waals surface area contributed by atoms with Gasteiger partial charge >= 0.3 is 0 Å². The van der Waals surface area contributed by atoms with Crippen LogP contribution in [-0.2, 0) is 0 Å². The van der Waals surface area contributed by atoms with Gasteiger partial charge in [0.1, 0.15) is 0 Å². The Hall–Kier alpha value is -3.02. The Kier molecular flexibility index (Phi) is 7.23. The highest BCUT2D eigenvalue weighted by molar-refractivity contribution is 7.72. The van der Waals surface area contributed by atoms with E-state index >= 15 is 0 Å². The van der Waals surface area contributed by atoms with E-state index in [1.807, 2.05) is 0 Å². The van der Waals surface area contributed by atoms with Gasteiger partial charge < -0.3 is 4.66 Å². The van der Waals surface area contributed by atoms with Crippen LogP contribution in [0.4, 0.5) is 0 Å². The first-order chi connectivity index (χ1) is 19.2. The van der Waals surface area contributed by atoms with Gasteiger partial charge in [-0.15, -0.1) is 0 Å². The van der Waals surface area contributed by atoms with Crippen LogP contribution in [0.25, 0.3) is 0 Å². The van der Waals surface area contributed by atoms with Crippen molar-refractivity contribution in [1.29, 1.82) is 0 Å². The predicted octanol–water partition coefficient (Wildman–Crippen LogP) is 6.80. The van der Waals surface area contributed by atoms with Gasteiger partial charge in [-0.05, 0) is 138 Å². The lowest BCUT2D eigenvalue weighted by atomic mass is 10.1. The zero-order valence-electron chi connectivity index (χ0n) is 27.6. The number of rotatable bonds is 4. The fourth-order valence-electron chi connectivity index (χ4n) is 9.13. The fourth-order valence-corrected chi connectivity index (χ4v) is 30.8. The largest absolute Gasteiger partial charge is 0.325 e. The molecule has 0 saturated heterocycles. The highest BCUT2D eigenvalue weighted by Gasteiger charge is 2.71. The summed E-state index contributed by atoms with van der Waals surface area (Å²) in [6.07, 6.45) is 0. The molecule has 0 bridgehead atoms. The van der Waals surface area contributed by atoms with Crippen molar-refractivity contribution < 1.29 is 0 Å². The first-order valence-corrected chi connectivity index (χ1v) is 20.0. The third kappa shape index (κ3) is 4.11. The highest BCUT2D eigenvalue weighted by Crippen LogP contribution is 2.38. The zero-order valence-corrected chi connectivity index (χ0v) is 29.6. The number of hydrogen-bond donors (Lipinski definition) is 0. The van der Waals surface area contributed by atoms with Gasteiger partial charge in [0.15, 0.2) is 7.59 Å². The molecule has 4 aromatic carbocycles. The van der Waals surface area contributed by atoms with Crippen LogP contribution in [-0.4, -0.2) is 20.7 Å². The molecular formula is C38H47NSi2. The van der Waals surface area contributed by atoms with Gasteiger partial charge in [-0.25, -0.2) is 0 Å². The molecule has 1 nitrogen and oxygen atoms in total. The molecule has 0 aromatic heterocycles. The van der Waals surface area contributed by atoms with E-state index in [9.17, 15) is 0 Å². The Balaban J connectivity index is 2.15. The molecular weight excluding hydrogens is 527 g/mol. The predicted molar refractivity (Wildman–Crippen MR) is 186 cm³/mol. The third-order valence-electron chi connectivity index (χ3n) is 9.60. The molecule has 41 heavy (non-hydrogen) atoms. The van der Waals surface area contributed by atoms with Crippen LogP contribution in [0.3, 0.4) is 0 Å². The van der Waals surface area contributed by atoms with Gasteiger partial charge in [0.05, 0.1) is 0 Å². The van der Waals surface area contributed by atoms with E-state index in [-0.39, 0.29) is 0 Å². The Morgan fingerprint density at radius 2 is 0.561 bits per heavy atom. The van der Waals surface area contributed by atoms with Crippen molar-refractivity contribution in [2.24, 2.45) is 4.66 Å². The van der Waals surface area contributed by atoms with Crippen LogP contribution in [0.5, 0.6) is 0 Å². The lowest BCUT2D eigenvalue weighted by molar-refractivity contribution is 1.31. The van der Waals surface area contributed by atoms with Crippen LogP contribution in [0.1, 0.15) is 73.7 Å². The molecule has 0 radical (unpaired) electrons. The Morgan fingerprint density at radius 1 is 0.341 bits per heavy atom. The maximum absolute atomic E-state index is 6.03. The van der Waals surface area contributed by atoms with Crippen LogP contribution in [0.2, 0.25) is 0 Å². The topological polar surface area (TPSA) is 12.4 Å². The van der Waals surface area contributed by atoms with E-state index < -0.39 is 15.3 Å². The van der Waals surface area contributed by atoms with Crippen molar-refractivity contribution in [3.8, 4) is 0 Å². The number of aryl methyl sites for hydroxylation is 12. The molecule has 1 aliphatic rings. The summed E-state index contributed by atoms with van der Waals surface area (Å²) in [6.45, 7) is 30.3. The number of benzene rings is 4. The maximum atomic E-state index is 6.03. The molecule has 1 aliphatic heterocycles. The number of nitrogens with zero attached hydrogens (tertiary/aromatic N) is 1. The molecule has 0 amide bonds. The summed E-state index contributed by atoms with van der Waals surface area (Å²) in [5, 5.41) is 7.71. The lowest BCUT2D eigenvalue weighted by Crippen LogP contribution is -2.95. The molecule has 1 heterocycles. The Bertz CT molecular complexity index is 1560. The van der Waals surface area contributed by atoms with Crippen LogP contribution < -0.4 is 20.7 Å². The van der Waals surface area contributed by atoms with Gasteiger partial charge in [-0.1, -0.05) is 93.0 Å². The molecule has 0 aliphatic carbocycles. The van der Waals surface area contributed by atoms with E-state index in [1.165, 1.54) is 72.1 Å². The third-order valence-corrected chi connectivity index (χ3v) is 26.6. The SMILES string of the molecule is CC1=N[Si](c2c(C)cc(C)cc2C)(c2c(C)cc(C)cc2C)[Si]1(c1c(C)cc(C)cc1C)c1c(C)cc(C)cc1C. The molecule has 0 spiro atoms. The summed E-state index contributed by atoms with van der Waals surface area (Å²) in [5.74, 6) is 0. The minimum atomic E-state index is -2.78.